The Labute approximate surface area is 172 Å². The number of aromatic amines is 1. The highest BCUT2D eigenvalue weighted by molar-refractivity contribution is 9.07. The number of H-pyrrole nitrogens is 1. The molecule has 0 bridgehead atoms. The van der Waals surface area contributed by atoms with Gasteiger partial charge in [0.2, 0.25) is 0 Å². The van der Waals surface area contributed by atoms with E-state index in [-0.39, 0.29) is 0 Å². The Kier molecular flexibility index (Phi) is 4.41. The van der Waals surface area contributed by atoms with E-state index in [0.717, 1.165) is 51.9 Å². The molecule has 5 rings (SSSR count). The summed E-state index contributed by atoms with van der Waals surface area (Å²) in [5.74, 6) is 1.33. The zero-order valence-electron chi connectivity index (χ0n) is 15.3. The normalized spacial score (nSPS) is 17.4. The number of phenols is 1. The van der Waals surface area contributed by atoms with Crippen LogP contribution in [0, 0.1) is 0 Å². The van der Waals surface area contributed by atoms with Gasteiger partial charge >= 0.3 is 0 Å². The first-order valence-corrected chi connectivity index (χ1v) is 10.2. The number of hydrogen-bond donors (Lipinski definition) is 2. The standard InChI is InChI=1S/C23H20BrN3O/c24-27-13-3-7-21(27)23-25-14-20(26-23)16-11-9-15(10-12-16)17-4-1-6-19-18(17)5-2-8-22(19)28/h1-2,4-6,8-12,14,21,28H,3,7,13H2,(H,25,26). The van der Waals surface area contributed by atoms with E-state index < -0.39 is 0 Å². The van der Waals surface area contributed by atoms with Crippen molar-refractivity contribution in [2.45, 2.75) is 18.9 Å². The van der Waals surface area contributed by atoms with E-state index in [1.807, 2.05) is 30.5 Å². The molecule has 1 saturated heterocycles. The molecule has 1 aliphatic rings. The van der Waals surface area contributed by atoms with Crippen molar-refractivity contribution in [1.82, 2.24) is 13.9 Å². The van der Waals surface area contributed by atoms with Crippen LogP contribution in [0.25, 0.3) is 33.2 Å². The summed E-state index contributed by atoms with van der Waals surface area (Å²) in [6.07, 6.45) is 4.21. The van der Waals surface area contributed by atoms with Gasteiger partial charge in [0.1, 0.15) is 11.6 Å². The van der Waals surface area contributed by atoms with Crippen LogP contribution in [-0.2, 0) is 0 Å². The second-order valence-corrected chi connectivity index (χ2v) is 8.13. The van der Waals surface area contributed by atoms with Crippen LogP contribution in [-0.4, -0.2) is 25.5 Å². The summed E-state index contributed by atoms with van der Waals surface area (Å²) in [4.78, 5) is 8.08. The zero-order chi connectivity index (χ0) is 19.1. The van der Waals surface area contributed by atoms with Crippen LogP contribution >= 0.6 is 16.1 Å². The Morgan fingerprint density at radius 2 is 1.71 bits per heavy atom. The molecule has 28 heavy (non-hydrogen) atoms. The van der Waals surface area contributed by atoms with Gasteiger partial charge in [0.25, 0.3) is 0 Å². The van der Waals surface area contributed by atoms with Gasteiger partial charge in [-0.3, -0.25) is 0 Å². The summed E-state index contributed by atoms with van der Waals surface area (Å²) in [7, 11) is 0. The van der Waals surface area contributed by atoms with Crippen LogP contribution in [0.1, 0.15) is 24.7 Å². The van der Waals surface area contributed by atoms with Gasteiger partial charge in [-0.25, -0.2) is 8.91 Å². The number of rotatable bonds is 3. The minimum Gasteiger partial charge on any atom is -0.507 e. The van der Waals surface area contributed by atoms with Gasteiger partial charge in [-0.1, -0.05) is 54.6 Å². The highest BCUT2D eigenvalue weighted by atomic mass is 79.9. The number of aromatic hydroxyl groups is 1. The molecule has 5 heteroatoms. The Balaban J connectivity index is 1.47. The van der Waals surface area contributed by atoms with Crippen molar-refractivity contribution in [2.75, 3.05) is 6.54 Å². The first-order chi connectivity index (χ1) is 13.7. The van der Waals surface area contributed by atoms with Gasteiger partial charge in [-0.05, 0) is 41.0 Å². The predicted molar refractivity (Wildman–Crippen MR) is 116 cm³/mol. The van der Waals surface area contributed by atoms with E-state index in [4.69, 9.17) is 0 Å². The number of nitrogens with one attached hydrogen (secondary N) is 1. The molecule has 0 radical (unpaired) electrons. The van der Waals surface area contributed by atoms with Gasteiger partial charge in [-0.15, -0.1) is 0 Å². The lowest BCUT2D eigenvalue weighted by atomic mass is 9.97. The van der Waals surface area contributed by atoms with Crippen molar-refractivity contribution in [1.29, 1.82) is 0 Å². The second-order valence-electron chi connectivity index (χ2n) is 7.22. The van der Waals surface area contributed by atoms with E-state index in [2.05, 4.69) is 60.4 Å². The summed E-state index contributed by atoms with van der Waals surface area (Å²) >= 11 is 3.62. The quantitative estimate of drug-likeness (QED) is 0.386. The van der Waals surface area contributed by atoms with E-state index in [1.54, 1.807) is 6.07 Å². The molecule has 1 fully saturated rings. The number of halogens is 1. The van der Waals surface area contributed by atoms with Crippen LogP contribution in [0.5, 0.6) is 5.75 Å². The van der Waals surface area contributed by atoms with Gasteiger partial charge in [0, 0.05) is 28.1 Å². The minimum absolute atomic E-state index is 0.314. The van der Waals surface area contributed by atoms with Crippen LogP contribution in [0.4, 0.5) is 0 Å². The third-order valence-electron chi connectivity index (χ3n) is 5.50. The number of fused-ring (bicyclic) bond motifs is 1. The number of benzene rings is 3. The molecule has 140 valence electrons. The zero-order valence-corrected chi connectivity index (χ0v) is 16.9. The largest absolute Gasteiger partial charge is 0.507 e. The van der Waals surface area contributed by atoms with Gasteiger partial charge in [0.15, 0.2) is 0 Å². The van der Waals surface area contributed by atoms with Crippen molar-refractivity contribution in [3.8, 4) is 28.1 Å². The molecule has 0 spiro atoms. The number of nitrogens with zero attached hydrogens (tertiary/aromatic N) is 2. The first-order valence-electron chi connectivity index (χ1n) is 9.49. The van der Waals surface area contributed by atoms with Gasteiger partial charge in [0.05, 0.1) is 17.9 Å². The van der Waals surface area contributed by atoms with Crippen LogP contribution in [0.2, 0.25) is 0 Å². The Morgan fingerprint density at radius 3 is 2.50 bits per heavy atom. The molecule has 2 heterocycles. The molecular formula is C23H20BrN3O. The van der Waals surface area contributed by atoms with E-state index in [1.165, 1.54) is 6.42 Å². The van der Waals surface area contributed by atoms with Crippen LogP contribution < -0.4 is 0 Å². The maximum atomic E-state index is 10.1. The summed E-state index contributed by atoms with van der Waals surface area (Å²) < 4.78 is 2.18. The van der Waals surface area contributed by atoms with Gasteiger partial charge < -0.3 is 10.1 Å². The molecule has 1 aliphatic heterocycles. The Hall–Kier alpha value is -2.63. The number of hydrogen-bond acceptors (Lipinski definition) is 3. The van der Waals surface area contributed by atoms with Crippen molar-refractivity contribution in [3.63, 3.8) is 0 Å². The molecular weight excluding hydrogens is 414 g/mol. The maximum absolute atomic E-state index is 10.1. The maximum Gasteiger partial charge on any atom is 0.124 e. The molecule has 3 aromatic carbocycles. The lowest BCUT2D eigenvalue weighted by molar-refractivity contribution is 0.450. The SMILES string of the molecule is Oc1cccc2c(-c3ccc(-c4cnc(C5CCCN5Br)[nH]4)cc3)cccc12. The first kappa shape index (κ1) is 17.5. The van der Waals surface area contributed by atoms with Crippen LogP contribution in [0.3, 0.4) is 0 Å². The molecule has 1 aromatic heterocycles. The molecule has 0 saturated carbocycles. The molecule has 4 aromatic rings. The molecule has 2 N–H and O–H groups in total. The molecule has 0 aliphatic carbocycles. The highest BCUT2D eigenvalue weighted by Gasteiger charge is 2.26. The monoisotopic (exact) mass is 433 g/mol. The number of aromatic nitrogens is 2. The topological polar surface area (TPSA) is 52.2 Å². The molecule has 1 atom stereocenters. The smallest absolute Gasteiger partial charge is 0.124 e. The van der Waals surface area contributed by atoms with E-state index in [9.17, 15) is 5.11 Å². The summed E-state index contributed by atoms with van der Waals surface area (Å²) in [6, 6.07) is 20.5. The average molecular weight is 434 g/mol. The third-order valence-corrected chi connectivity index (χ3v) is 6.35. The lowest BCUT2D eigenvalue weighted by Crippen LogP contribution is -2.12. The fraction of sp³-hybridized carbons (Fsp3) is 0.174. The van der Waals surface area contributed by atoms with Crippen molar-refractivity contribution in [3.05, 3.63) is 72.7 Å². The highest BCUT2D eigenvalue weighted by Crippen LogP contribution is 2.35. The summed E-state index contributed by atoms with van der Waals surface area (Å²) in [5.41, 5.74) is 4.39. The fourth-order valence-corrected chi connectivity index (χ4v) is 4.68. The number of imidazole rings is 1. The van der Waals surface area contributed by atoms with Gasteiger partial charge in [-0.2, -0.15) is 0 Å². The van der Waals surface area contributed by atoms with Crippen molar-refractivity contribution < 1.29 is 5.11 Å². The molecule has 1 unspecified atom stereocenters. The number of phenolic OH excluding ortho intramolecular Hbond substituents is 1. The van der Waals surface area contributed by atoms with E-state index in [0.29, 0.717) is 11.8 Å². The Morgan fingerprint density at radius 1 is 0.964 bits per heavy atom. The average Bonchev–Trinajstić information content (AvgIpc) is 3.37. The predicted octanol–water partition coefficient (Wildman–Crippen LogP) is 6.05. The third kappa shape index (κ3) is 3.01. The minimum atomic E-state index is 0.314. The molecule has 4 nitrogen and oxygen atoms in total. The molecule has 0 amide bonds. The second kappa shape index (κ2) is 7.08. The Bertz CT molecular complexity index is 1140. The summed E-state index contributed by atoms with van der Waals surface area (Å²) in [5, 5.41) is 12.1. The van der Waals surface area contributed by atoms with Crippen LogP contribution in [0.15, 0.2) is 66.9 Å². The van der Waals surface area contributed by atoms with Crippen molar-refractivity contribution >= 4 is 26.9 Å². The lowest BCUT2D eigenvalue weighted by Gasteiger charge is -2.14. The summed E-state index contributed by atoms with van der Waals surface area (Å²) in [6.45, 7) is 1.05. The van der Waals surface area contributed by atoms with E-state index >= 15 is 0 Å². The fourth-order valence-electron chi connectivity index (χ4n) is 4.03. The van der Waals surface area contributed by atoms with Crippen molar-refractivity contribution in [2.24, 2.45) is 0 Å².